The van der Waals surface area contributed by atoms with Gasteiger partial charge in [-0.3, -0.25) is 4.79 Å². The smallest absolute Gasteiger partial charge is 0.176 e. The Morgan fingerprint density at radius 3 is 2.53 bits per heavy atom. The largest absolute Gasteiger partial charge is 0.377 e. The quantitative estimate of drug-likeness (QED) is 0.637. The van der Waals surface area contributed by atoms with E-state index in [2.05, 4.69) is 22.0 Å². The van der Waals surface area contributed by atoms with Gasteiger partial charge in [0.2, 0.25) is 0 Å². The first-order valence-electron chi connectivity index (χ1n) is 5.43. The fourth-order valence-corrected chi connectivity index (χ4v) is 2.27. The van der Waals surface area contributed by atoms with Crippen molar-refractivity contribution in [2.75, 3.05) is 24.3 Å². The van der Waals surface area contributed by atoms with Gasteiger partial charge in [-0.1, -0.05) is 46.3 Å². The van der Waals surface area contributed by atoms with Crippen LogP contribution in [0.5, 0.6) is 0 Å². The Hall–Kier alpha value is -1.35. The predicted octanol–water partition coefficient (Wildman–Crippen LogP) is 3.48. The van der Waals surface area contributed by atoms with Crippen LogP contribution in [0.1, 0.15) is 10.4 Å². The van der Waals surface area contributed by atoms with E-state index in [0.717, 1.165) is 22.0 Å². The van der Waals surface area contributed by atoms with E-state index in [9.17, 15) is 4.79 Å². The van der Waals surface area contributed by atoms with Crippen molar-refractivity contribution in [3.63, 3.8) is 0 Å². The van der Waals surface area contributed by atoms with Crippen LogP contribution < -0.4 is 4.90 Å². The Labute approximate surface area is 109 Å². The normalized spacial score (nSPS) is 10.5. The Kier molecular flexibility index (Phi) is 3.48. The van der Waals surface area contributed by atoms with Crippen molar-refractivity contribution < 1.29 is 4.79 Å². The van der Waals surface area contributed by atoms with E-state index in [0.29, 0.717) is 5.33 Å². The number of anilines is 1. The van der Waals surface area contributed by atoms with E-state index in [4.69, 9.17) is 0 Å². The van der Waals surface area contributed by atoms with E-state index in [1.54, 1.807) is 0 Å². The minimum atomic E-state index is 0.116. The van der Waals surface area contributed by atoms with Gasteiger partial charge in [0, 0.05) is 25.3 Å². The standard InChI is InChI=1S/C14H14BrNO/c1-16(2)12-8-7-10-5-3-4-6-11(10)14(12)13(17)9-15/h3-8H,9H2,1-2H3. The van der Waals surface area contributed by atoms with Crippen LogP contribution in [0.15, 0.2) is 36.4 Å². The zero-order valence-electron chi connectivity index (χ0n) is 9.90. The van der Waals surface area contributed by atoms with Gasteiger partial charge in [0.15, 0.2) is 5.78 Å². The van der Waals surface area contributed by atoms with Crippen LogP contribution in [-0.2, 0) is 0 Å². The second-order valence-corrected chi connectivity index (χ2v) is 4.69. The number of carbonyl (C=O) groups excluding carboxylic acids is 1. The molecule has 0 bridgehead atoms. The Morgan fingerprint density at radius 1 is 1.18 bits per heavy atom. The number of nitrogens with zero attached hydrogens (tertiary/aromatic N) is 1. The van der Waals surface area contributed by atoms with Crippen molar-refractivity contribution in [1.29, 1.82) is 0 Å². The molecule has 2 aromatic rings. The molecule has 0 unspecified atom stereocenters. The number of Topliss-reactive ketones (excluding diaryl/α,β-unsaturated/α-hetero) is 1. The van der Waals surface area contributed by atoms with E-state index >= 15 is 0 Å². The van der Waals surface area contributed by atoms with Crippen molar-refractivity contribution in [1.82, 2.24) is 0 Å². The molecule has 2 aromatic carbocycles. The van der Waals surface area contributed by atoms with Gasteiger partial charge in [0.25, 0.3) is 0 Å². The van der Waals surface area contributed by atoms with Crippen molar-refractivity contribution >= 4 is 38.2 Å². The number of benzene rings is 2. The van der Waals surface area contributed by atoms with Gasteiger partial charge in [-0.25, -0.2) is 0 Å². The van der Waals surface area contributed by atoms with Gasteiger partial charge in [0.05, 0.1) is 5.33 Å². The second kappa shape index (κ2) is 4.88. The molecule has 0 aliphatic rings. The molecule has 2 nitrogen and oxygen atoms in total. The lowest BCUT2D eigenvalue weighted by Gasteiger charge is -2.18. The zero-order valence-corrected chi connectivity index (χ0v) is 11.5. The molecular weight excluding hydrogens is 278 g/mol. The predicted molar refractivity (Wildman–Crippen MR) is 76.4 cm³/mol. The number of hydrogen-bond donors (Lipinski definition) is 0. The lowest BCUT2D eigenvalue weighted by Crippen LogP contribution is -2.14. The van der Waals surface area contributed by atoms with Crippen LogP contribution in [0.25, 0.3) is 10.8 Å². The van der Waals surface area contributed by atoms with E-state index in [1.165, 1.54) is 0 Å². The summed E-state index contributed by atoms with van der Waals surface area (Å²) in [6.07, 6.45) is 0. The van der Waals surface area contributed by atoms with Gasteiger partial charge < -0.3 is 4.90 Å². The molecule has 0 saturated heterocycles. The second-order valence-electron chi connectivity index (χ2n) is 4.13. The van der Waals surface area contributed by atoms with Crippen LogP contribution in [0, 0.1) is 0 Å². The van der Waals surface area contributed by atoms with Crippen LogP contribution in [-0.4, -0.2) is 25.2 Å². The minimum Gasteiger partial charge on any atom is -0.377 e. The zero-order chi connectivity index (χ0) is 12.4. The van der Waals surface area contributed by atoms with Crippen LogP contribution in [0.3, 0.4) is 0 Å². The van der Waals surface area contributed by atoms with Crippen molar-refractivity contribution in [3.05, 3.63) is 42.0 Å². The van der Waals surface area contributed by atoms with E-state index in [1.807, 2.05) is 49.3 Å². The third-order valence-corrected chi connectivity index (χ3v) is 3.30. The fraction of sp³-hybridized carbons (Fsp3) is 0.214. The summed E-state index contributed by atoms with van der Waals surface area (Å²) < 4.78 is 0. The lowest BCUT2D eigenvalue weighted by atomic mass is 9.99. The molecule has 0 saturated carbocycles. The Balaban J connectivity index is 2.79. The van der Waals surface area contributed by atoms with Gasteiger partial charge >= 0.3 is 0 Å². The monoisotopic (exact) mass is 291 g/mol. The van der Waals surface area contributed by atoms with Crippen LogP contribution in [0.4, 0.5) is 5.69 Å². The third-order valence-electron chi connectivity index (χ3n) is 2.79. The van der Waals surface area contributed by atoms with Gasteiger partial charge in [-0.15, -0.1) is 0 Å². The lowest BCUT2D eigenvalue weighted by molar-refractivity contribution is 0.102. The van der Waals surface area contributed by atoms with Gasteiger partial charge in [-0.2, -0.15) is 0 Å². The first kappa shape index (κ1) is 12.1. The van der Waals surface area contributed by atoms with Crippen molar-refractivity contribution in [3.8, 4) is 0 Å². The van der Waals surface area contributed by atoms with E-state index in [-0.39, 0.29) is 5.78 Å². The highest BCUT2D eigenvalue weighted by atomic mass is 79.9. The number of ketones is 1. The summed E-state index contributed by atoms with van der Waals surface area (Å²) in [4.78, 5) is 14.1. The molecule has 0 amide bonds. The highest BCUT2D eigenvalue weighted by Gasteiger charge is 2.15. The number of alkyl halides is 1. The maximum Gasteiger partial charge on any atom is 0.176 e. The molecule has 0 spiro atoms. The van der Waals surface area contributed by atoms with Crippen molar-refractivity contribution in [2.24, 2.45) is 0 Å². The summed E-state index contributed by atoms with van der Waals surface area (Å²) in [5, 5.41) is 2.47. The molecule has 3 heteroatoms. The highest BCUT2D eigenvalue weighted by Crippen LogP contribution is 2.28. The molecule has 0 N–H and O–H groups in total. The van der Waals surface area contributed by atoms with Gasteiger partial charge in [0.1, 0.15) is 0 Å². The molecule has 0 fully saturated rings. The summed E-state index contributed by atoms with van der Waals surface area (Å²) in [7, 11) is 3.91. The molecule has 0 aromatic heterocycles. The summed E-state index contributed by atoms with van der Waals surface area (Å²) in [5.74, 6) is 0.116. The van der Waals surface area contributed by atoms with Crippen LogP contribution in [0.2, 0.25) is 0 Å². The fourth-order valence-electron chi connectivity index (χ4n) is 1.99. The number of rotatable bonds is 3. The highest BCUT2D eigenvalue weighted by molar-refractivity contribution is 9.09. The van der Waals surface area contributed by atoms with E-state index < -0.39 is 0 Å². The summed E-state index contributed by atoms with van der Waals surface area (Å²) in [6.45, 7) is 0. The summed E-state index contributed by atoms with van der Waals surface area (Å²) in [5.41, 5.74) is 1.76. The number of carbonyl (C=O) groups is 1. The minimum absolute atomic E-state index is 0.116. The first-order valence-corrected chi connectivity index (χ1v) is 6.55. The average molecular weight is 292 g/mol. The molecular formula is C14H14BrNO. The maximum absolute atomic E-state index is 12.1. The molecule has 0 atom stereocenters. The van der Waals surface area contributed by atoms with Gasteiger partial charge in [-0.05, 0) is 16.8 Å². The molecule has 2 rings (SSSR count). The molecule has 17 heavy (non-hydrogen) atoms. The molecule has 0 heterocycles. The summed E-state index contributed by atoms with van der Waals surface area (Å²) in [6, 6.07) is 12.0. The Morgan fingerprint density at radius 2 is 1.88 bits per heavy atom. The molecule has 88 valence electrons. The number of halogens is 1. The van der Waals surface area contributed by atoms with Crippen molar-refractivity contribution in [2.45, 2.75) is 0 Å². The topological polar surface area (TPSA) is 20.3 Å². The average Bonchev–Trinajstić information content (AvgIpc) is 2.36. The third kappa shape index (κ3) is 2.20. The first-order chi connectivity index (χ1) is 8.15. The Bertz CT molecular complexity index is 563. The SMILES string of the molecule is CN(C)c1ccc2ccccc2c1C(=O)CBr. The molecule has 0 aliphatic heterocycles. The summed E-state index contributed by atoms with van der Waals surface area (Å²) >= 11 is 3.25. The number of hydrogen-bond acceptors (Lipinski definition) is 2. The maximum atomic E-state index is 12.1. The van der Waals surface area contributed by atoms with Crippen LogP contribution >= 0.6 is 15.9 Å². The number of fused-ring (bicyclic) bond motifs is 1. The molecule has 0 aliphatic carbocycles. The molecule has 0 radical (unpaired) electrons.